The molecule has 0 heterocycles. The summed E-state index contributed by atoms with van der Waals surface area (Å²) in [7, 11) is 0. The van der Waals surface area contributed by atoms with Crippen molar-refractivity contribution >= 4 is 0 Å². The van der Waals surface area contributed by atoms with E-state index in [0.717, 1.165) is 12.5 Å². The molecule has 17 heavy (non-hydrogen) atoms. The summed E-state index contributed by atoms with van der Waals surface area (Å²) in [5.41, 5.74) is 7.32. The predicted octanol–water partition coefficient (Wildman–Crippen LogP) is 2.26. The normalized spacial score (nSPS) is 36.1. The maximum atomic E-state index is 5.83. The summed E-state index contributed by atoms with van der Waals surface area (Å²) >= 11 is 0. The average Bonchev–Trinajstić information content (AvgIpc) is 2.99. The molecule has 2 nitrogen and oxygen atoms in total. The molecule has 3 rings (SSSR count). The summed E-state index contributed by atoms with van der Waals surface area (Å²) < 4.78 is 0. The van der Waals surface area contributed by atoms with E-state index in [-0.39, 0.29) is 0 Å². The fraction of sp³-hybridized carbons (Fsp3) is 0.600. The summed E-state index contributed by atoms with van der Waals surface area (Å²) in [6, 6.07) is 12.3. The molecule has 4 atom stereocenters. The first-order chi connectivity index (χ1) is 8.38. The lowest BCUT2D eigenvalue weighted by atomic mass is 10.0. The molecule has 0 saturated heterocycles. The van der Waals surface area contributed by atoms with Crippen LogP contribution in [0, 0.1) is 5.92 Å². The third-order valence-electron chi connectivity index (χ3n) is 4.41. The van der Waals surface area contributed by atoms with Gasteiger partial charge in [-0.15, -0.1) is 0 Å². The van der Waals surface area contributed by atoms with Crippen LogP contribution in [0.5, 0.6) is 0 Å². The van der Waals surface area contributed by atoms with E-state index in [0.29, 0.717) is 18.0 Å². The van der Waals surface area contributed by atoms with Crippen molar-refractivity contribution in [2.24, 2.45) is 11.7 Å². The van der Waals surface area contributed by atoms with Gasteiger partial charge in [-0.3, -0.25) is 0 Å². The summed E-state index contributed by atoms with van der Waals surface area (Å²) in [5.74, 6) is 1.46. The van der Waals surface area contributed by atoms with Crippen LogP contribution in [0.1, 0.15) is 37.2 Å². The van der Waals surface area contributed by atoms with Crippen molar-refractivity contribution in [1.82, 2.24) is 5.32 Å². The number of rotatable bonds is 4. The van der Waals surface area contributed by atoms with E-state index in [1.165, 1.54) is 31.2 Å². The largest absolute Gasteiger partial charge is 0.330 e. The maximum absolute atomic E-state index is 5.83. The van der Waals surface area contributed by atoms with Crippen LogP contribution in [0.25, 0.3) is 0 Å². The van der Waals surface area contributed by atoms with Gasteiger partial charge in [0, 0.05) is 18.0 Å². The van der Waals surface area contributed by atoms with Crippen molar-refractivity contribution in [1.29, 1.82) is 0 Å². The minimum absolute atomic E-state index is 0.679. The molecule has 92 valence electrons. The van der Waals surface area contributed by atoms with Crippen LogP contribution < -0.4 is 11.1 Å². The van der Waals surface area contributed by atoms with Gasteiger partial charge in [-0.2, -0.15) is 0 Å². The molecule has 2 saturated carbocycles. The highest BCUT2D eigenvalue weighted by atomic mass is 15.0. The average molecular weight is 230 g/mol. The Morgan fingerprint density at radius 1 is 1.12 bits per heavy atom. The Balaban J connectivity index is 1.55. The molecule has 2 fully saturated rings. The van der Waals surface area contributed by atoms with Crippen molar-refractivity contribution in [3.8, 4) is 0 Å². The number of hydrogen-bond acceptors (Lipinski definition) is 2. The van der Waals surface area contributed by atoms with Crippen LogP contribution >= 0.6 is 0 Å². The molecule has 0 radical (unpaired) electrons. The van der Waals surface area contributed by atoms with Crippen LogP contribution in [-0.2, 0) is 0 Å². The number of hydrogen-bond donors (Lipinski definition) is 2. The van der Waals surface area contributed by atoms with Gasteiger partial charge in [0.05, 0.1) is 0 Å². The first-order valence-electron chi connectivity index (χ1n) is 6.89. The van der Waals surface area contributed by atoms with Crippen LogP contribution in [0.4, 0.5) is 0 Å². The fourth-order valence-electron chi connectivity index (χ4n) is 3.26. The van der Waals surface area contributed by atoms with E-state index in [1.807, 2.05) is 0 Å². The molecule has 4 unspecified atom stereocenters. The van der Waals surface area contributed by atoms with Gasteiger partial charge in [0.25, 0.3) is 0 Å². The van der Waals surface area contributed by atoms with Gasteiger partial charge in [0.2, 0.25) is 0 Å². The zero-order valence-corrected chi connectivity index (χ0v) is 10.3. The van der Waals surface area contributed by atoms with Crippen molar-refractivity contribution in [2.45, 2.75) is 43.7 Å². The second kappa shape index (κ2) is 4.79. The molecule has 2 aliphatic carbocycles. The van der Waals surface area contributed by atoms with Crippen molar-refractivity contribution in [3.05, 3.63) is 35.9 Å². The molecule has 1 aromatic rings. The summed E-state index contributed by atoms with van der Waals surface area (Å²) in [5, 5.41) is 3.82. The summed E-state index contributed by atoms with van der Waals surface area (Å²) in [6.45, 7) is 0.848. The van der Waals surface area contributed by atoms with Crippen LogP contribution in [0.2, 0.25) is 0 Å². The van der Waals surface area contributed by atoms with Crippen molar-refractivity contribution in [2.75, 3.05) is 6.54 Å². The van der Waals surface area contributed by atoms with E-state index in [2.05, 4.69) is 35.6 Å². The monoisotopic (exact) mass is 230 g/mol. The lowest BCUT2D eigenvalue weighted by molar-refractivity contribution is 0.402. The second-order valence-corrected chi connectivity index (χ2v) is 5.56. The van der Waals surface area contributed by atoms with Gasteiger partial charge in [-0.25, -0.2) is 0 Å². The highest BCUT2D eigenvalue weighted by Gasteiger charge is 2.41. The zero-order valence-electron chi connectivity index (χ0n) is 10.3. The Morgan fingerprint density at radius 2 is 1.94 bits per heavy atom. The second-order valence-electron chi connectivity index (χ2n) is 5.56. The van der Waals surface area contributed by atoms with Crippen molar-refractivity contribution < 1.29 is 0 Å². The molecule has 0 amide bonds. The third-order valence-corrected chi connectivity index (χ3v) is 4.41. The Morgan fingerprint density at radius 3 is 2.71 bits per heavy atom. The maximum Gasteiger partial charge on any atom is 0.0145 e. The molecule has 0 aliphatic heterocycles. The molecule has 3 N–H and O–H groups in total. The fourth-order valence-corrected chi connectivity index (χ4v) is 3.26. The quantitative estimate of drug-likeness (QED) is 0.832. The Bertz CT molecular complexity index is 362. The molecule has 1 aromatic carbocycles. The first kappa shape index (κ1) is 11.2. The first-order valence-corrected chi connectivity index (χ1v) is 6.89. The molecule has 0 bridgehead atoms. The highest BCUT2D eigenvalue weighted by Crippen LogP contribution is 2.42. The molecule has 0 spiro atoms. The number of benzene rings is 1. The number of nitrogens with one attached hydrogen (secondary N) is 1. The van der Waals surface area contributed by atoms with E-state index < -0.39 is 0 Å². The summed E-state index contributed by atoms with van der Waals surface area (Å²) in [6.07, 6.45) is 5.29. The Labute approximate surface area is 104 Å². The number of nitrogens with two attached hydrogens (primary N) is 1. The molecule has 2 aliphatic rings. The predicted molar refractivity (Wildman–Crippen MR) is 70.9 cm³/mol. The van der Waals surface area contributed by atoms with Gasteiger partial charge in [-0.1, -0.05) is 36.8 Å². The van der Waals surface area contributed by atoms with Crippen molar-refractivity contribution in [3.63, 3.8) is 0 Å². The van der Waals surface area contributed by atoms with Gasteiger partial charge in [0.1, 0.15) is 0 Å². The highest BCUT2D eigenvalue weighted by molar-refractivity contribution is 5.27. The van der Waals surface area contributed by atoms with Gasteiger partial charge in [0.15, 0.2) is 0 Å². The van der Waals surface area contributed by atoms with Crippen LogP contribution in [0.15, 0.2) is 30.3 Å². The molecule has 0 aromatic heterocycles. The van der Waals surface area contributed by atoms with Gasteiger partial charge >= 0.3 is 0 Å². The van der Waals surface area contributed by atoms with E-state index >= 15 is 0 Å². The van der Waals surface area contributed by atoms with Crippen LogP contribution in [-0.4, -0.2) is 18.6 Å². The van der Waals surface area contributed by atoms with E-state index in [9.17, 15) is 0 Å². The minimum Gasteiger partial charge on any atom is -0.330 e. The smallest absolute Gasteiger partial charge is 0.0145 e. The lowest BCUT2D eigenvalue weighted by Gasteiger charge is -2.19. The molecule has 2 heteroatoms. The Kier molecular flexibility index (Phi) is 3.17. The SMILES string of the molecule is NCC1CCCC1NC1CC1c1ccccc1. The zero-order chi connectivity index (χ0) is 11.7. The van der Waals surface area contributed by atoms with Gasteiger partial charge < -0.3 is 11.1 Å². The lowest BCUT2D eigenvalue weighted by Crippen LogP contribution is -2.37. The van der Waals surface area contributed by atoms with E-state index in [1.54, 1.807) is 0 Å². The Hall–Kier alpha value is -0.860. The molecular formula is C15H22N2. The van der Waals surface area contributed by atoms with E-state index in [4.69, 9.17) is 5.73 Å². The van der Waals surface area contributed by atoms with Gasteiger partial charge in [-0.05, 0) is 37.3 Å². The topological polar surface area (TPSA) is 38.0 Å². The minimum atomic E-state index is 0.679. The van der Waals surface area contributed by atoms with Crippen LogP contribution in [0.3, 0.4) is 0 Å². The molecular weight excluding hydrogens is 208 g/mol. The standard InChI is InChI=1S/C15H22N2/c16-10-12-7-4-8-14(12)17-15-9-13(15)11-5-2-1-3-6-11/h1-3,5-6,12-15,17H,4,7-10,16H2. The summed E-state index contributed by atoms with van der Waals surface area (Å²) in [4.78, 5) is 0. The third kappa shape index (κ3) is 2.38.